The van der Waals surface area contributed by atoms with E-state index in [2.05, 4.69) is 26.1 Å². The first-order valence-corrected chi connectivity index (χ1v) is 12.9. The van der Waals surface area contributed by atoms with Crippen LogP contribution >= 0.6 is 0 Å². The molecule has 2 unspecified atom stereocenters. The molecule has 2 atom stereocenters. The summed E-state index contributed by atoms with van der Waals surface area (Å²) in [4.78, 5) is 49.0. The Morgan fingerprint density at radius 2 is 1.63 bits per heavy atom. The van der Waals surface area contributed by atoms with E-state index in [1.165, 1.54) is 25.3 Å². The summed E-state index contributed by atoms with van der Waals surface area (Å²) < 4.78 is 16.7. The van der Waals surface area contributed by atoms with Gasteiger partial charge >= 0.3 is 5.97 Å². The summed E-state index contributed by atoms with van der Waals surface area (Å²) in [6.45, 7) is 8.99. The number of ether oxygens (including phenoxy) is 3. The van der Waals surface area contributed by atoms with Gasteiger partial charge in [0.05, 0.1) is 31.3 Å². The smallest absolute Gasteiger partial charge is 0.330 e. The predicted octanol–water partition coefficient (Wildman–Crippen LogP) is 3.52. The van der Waals surface area contributed by atoms with Crippen molar-refractivity contribution in [2.45, 2.75) is 64.6 Å². The van der Waals surface area contributed by atoms with Crippen LogP contribution in [0.4, 0.5) is 0 Å². The highest BCUT2D eigenvalue weighted by Gasteiger charge is 2.28. The molecule has 1 heterocycles. The van der Waals surface area contributed by atoms with Gasteiger partial charge in [-0.25, -0.2) is 4.79 Å². The maximum absolute atomic E-state index is 12.6. The fourth-order valence-corrected chi connectivity index (χ4v) is 3.97. The number of amides is 3. The van der Waals surface area contributed by atoms with Crippen molar-refractivity contribution in [3.63, 3.8) is 0 Å². The van der Waals surface area contributed by atoms with Gasteiger partial charge in [-0.15, -0.1) is 0 Å². The van der Waals surface area contributed by atoms with Crippen molar-refractivity contribution in [2.24, 2.45) is 0 Å². The van der Waals surface area contributed by atoms with E-state index in [1.807, 2.05) is 31.2 Å². The number of carbonyl (C=O) groups excluding carboxylic acids is 4. The van der Waals surface area contributed by atoms with Crippen LogP contribution in [0.1, 0.15) is 64.5 Å². The third-order valence-electron chi connectivity index (χ3n) is 7.24. The highest BCUT2D eigenvalue weighted by atomic mass is 16.5. The molecule has 0 aliphatic carbocycles. The first kappa shape index (κ1) is 30.9. The lowest BCUT2D eigenvalue weighted by atomic mass is 9.90. The van der Waals surface area contributed by atoms with Gasteiger partial charge in [0.2, 0.25) is 5.91 Å². The molecule has 0 saturated carbocycles. The maximum Gasteiger partial charge on any atom is 0.330 e. The first-order chi connectivity index (χ1) is 18.0. The van der Waals surface area contributed by atoms with Crippen LogP contribution < -0.4 is 5.32 Å². The highest BCUT2D eigenvalue weighted by Crippen LogP contribution is 2.32. The molecule has 38 heavy (non-hydrogen) atoms. The van der Waals surface area contributed by atoms with Gasteiger partial charge < -0.3 is 19.5 Å². The van der Waals surface area contributed by atoms with Crippen LogP contribution in [0.15, 0.2) is 42.5 Å². The fourth-order valence-electron chi connectivity index (χ4n) is 3.97. The Kier molecular flexibility index (Phi) is 11.4. The first-order valence-electron chi connectivity index (χ1n) is 12.9. The zero-order valence-electron chi connectivity index (χ0n) is 23.3. The third-order valence-corrected chi connectivity index (χ3v) is 7.24. The molecule has 0 aromatic heterocycles. The molecule has 0 radical (unpaired) electrons. The maximum atomic E-state index is 12.6. The van der Waals surface area contributed by atoms with E-state index in [-0.39, 0.29) is 31.0 Å². The Bertz CT molecular complexity index is 1040. The van der Waals surface area contributed by atoms with Crippen LogP contribution in [-0.2, 0) is 39.0 Å². The lowest BCUT2D eigenvalue weighted by Gasteiger charge is -2.33. The number of hydrogen-bond donors (Lipinski definition) is 1. The van der Waals surface area contributed by atoms with Crippen LogP contribution in [-0.4, -0.2) is 68.1 Å². The van der Waals surface area contributed by atoms with Gasteiger partial charge in [0.1, 0.15) is 0 Å². The molecule has 208 valence electrons. The lowest BCUT2D eigenvalue weighted by molar-refractivity contribution is -0.137. The highest BCUT2D eigenvalue weighted by molar-refractivity contribution is 6.12. The van der Waals surface area contributed by atoms with Crippen molar-refractivity contribution in [2.75, 3.05) is 33.9 Å². The second-order valence-electron chi connectivity index (χ2n) is 9.65. The van der Waals surface area contributed by atoms with E-state index in [9.17, 15) is 19.2 Å². The van der Waals surface area contributed by atoms with E-state index < -0.39 is 23.4 Å². The Morgan fingerprint density at radius 3 is 2.16 bits per heavy atom. The average molecular weight is 529 g/mol. The van der Waals surface area contributed by atoms with Gasteiger partial charge in [-0.05, 0) is 49.8 Å². The van der Waals surface area contributed by atoms with E-state index in [0.717, 1.165) is 29.7 Å². The Labute approximate surface area is 225 Å². The van der Waals surface area contributed by atoms with Crippen molar-refractivity contribution >= 4 is 29.3 Å². The molecule has 0 bridgehead atoms. The van der Waals surface area contributed by atoms with Gasteiger partial charge in [0.25, 0.3) is 11.8 Å². The fraction of sp³-hybridized carbons (Fsp3) is 0.517. The molecule has 0 spiro atoms. The van der Waals surface area contributed by atoms with Gasteiger partial charge in [-0.2, -0.15) is 0 Å². The molecule has 1 aromatic rings. The number of esters is 1. The molecule has 3 amide bonds. The second-order valence-corrected chi connectivity index (χ2v) is 9.65. The molecule has 1 N–H and O–H groups in total. The standard InChI is InChI=1S/C29H40N2O7/c1-7-28(3,37-6)15-18-38-29(4,8-2)23-11-9-21(10-12-23)22(20-27(35)36-5)19-24(32)30-16-17-31-25(33)13-14-26(31)34/h9-14,20H,7-8,15-19H2,1-6H3,(H,30,32)/b22-20+. The van der Waals surface area contributed by atoms with Crippen molar-refractivity contribution in [3.8, 4) is 0 Å². The number of rotatable bonds is 15. The zero-order valence-corrected chi connectivity index (χ0v) is 23.3. The second kappa shape index (κ2) is 14.0. The summed E-state index contributed by atoms with van der Waals surface area (Å²) in [5.74, 6) is -1.74. The largest absolute Gasteiger partial charge is 0.466 e. The molecular formula is C29H40N2O7. The topological polar surface area (TPSA) is 111 Å². The number of nitrogens with zero attached hydrogens (tertiary/aromatic N) is 1. The van der Waals surface area contributed by atoms with Crippen molar-refractivity contribution in [3.05, 3.63) is 53.6 Å². The van der Waals surface area contributed by atoms with E-state index >= 15 is 0 Å². The Morgan fingerprint density at radius 1 is 1.00 bits per heavy atom. The van der Waals surface area contributed by atoms with Gasteiger partial charge in [-0.3, -0.25) is 19.3 Å². The van der Waals surface area contributed by atoms with Gasteiger partial charge in [0, 0.05) is 38.4 Å². The van der Waals surface area contributed by atoms with Gasteiger partial charge in [0.15, 0.2) is 0 Å². The molecule has 0 saturated heterocycles. The predicted molar refractivity (Wildman–Crippen MR) is 144 cm³/mol. The van der Waals surface area contributed by atoms with Crippen LogP contribution in [0.5, 0.6) is 0 Å². The number of methoxy groups -OCH3 is 2. The lowest BCUT2D eigenvalue weighted by Crippen LogP contribution is -2.38. The average Bonchev–Trinajstić information content (AvgIpc) is 3.24. The molecular weight excluding hydrogens is 488 g/mol. The Hall–Kier alpha value is -3.30. The van der Waals surface area contributed by atoms with Crippen molar-refractivity contribution in [1.29, 1.82) is 0 Å². The molecule has 1 aromatic carbocycles. The molecule has 1 aliphatic rings. The van der Waals surface area contributed by atoms with E-state index in [0.29, 0.717) is 17.7 Å². The Balaban J connectivity index is 2.08. The number of benzene rings is 1. The number of hydrogen-bond acceptors (Lipinski definition) is 7. The minimum atomic E-state index is -0.574. The number of imide groups is 1. The normalized spacial score (nSPS) is 16.8. The molecule has 2 rings (SSSR count). The summed E-state index contributed by atoms with van der Waals surface area (Å²) in [5.41, 5.74) is 1.41. The third kappa shape index (κ3) is 8.36. The van der Waals surface area contributed by atoms with Crippen molar-refractivity contribution in [1.82, 2.24) is 10.2 Å². The quantitative estimate of drug-likeness (QED) is 0.211. The van der Waals surface area contributed by atoms with E-state index in [4.69, 9.17) is 14.2 Å². The summed E-state index contributed by atoms with van der Waals surface area (Å²) in [5, 5.41) is 2.70. The molecule has 0 fully saturated rings. The number of nitrogens with one attached hydrogen (secondary N) is 1. The SMILES string of the molecule is CCC(C)(CCOC(C)(CC)c1ccc(/C(=C/C(=O)OC)CC(=O)NCCN2C(=O)C=CC2=O)cc1)OC. The summed E-state index contributed by atoms with van der Waals surface area (Å²) in [7, 11) is 2.99. The summed E-state index contributed by atoms with van der Waals surface area (Å²) >= 11 is 0. The zero-order chi connectivity index (χ0) is 28.3. The van der Waals surface area contributed by atoms with Crippen LogP contribution in [0.2, 0.25) is 0 Å². The summed E-state index contributed by atoms with van der Waals surface area (Å²) in [6, 6.07) is 7.59. The number of carbonyl (C=O) groups is 4. The van der Waals surface area contributed by atoms with Gasteiger partial charge in [-0.1, -0.05) is 38.1 Å². The molecule has 1 aliphatic heterocycles. The monoisotopic (exact) mass is 528 g/mol. The van der Waals surface area contributed by atoms with Crippen LogP contribution in [0, 0.1) is 0 Å². The molecule has 9 heteroatoms. The van der Waals surface area contributed by atoms with Crippen molar-refractivity contribution < 1.29 is 33.4 Å². The minimum absolute atomic E-state index is 0.0680. The van der Waals surface area contributed by atoms with Crippen LogP contribution in [0.3, 0.4) is 0 Å². The molecule has 9 nitrogen and oxygen atoms in total. The van der Waals surface area contributed by atoms with Crippen LogP contribution in [0.25, 0.3) is 5.57 Å². The minimum Gasteiger partial charge on any atom is -0.466 e. The summed E-state index contributed by atoms with van der Waals surface area (Å²) in [6.07, 6.45) is 6.01. The van der Waals surface area contributed by atoms with E-state index in [1.54, 1.807) is 7.11 Å².